The molecule has 0 radical (unpaired) electrons. The molecule has 0 aliphatic carbocycles. The molecule has 0 atom stereocenters. The van der Waals surface area contributed by atoms with Gasteiger partial charge in [0.25, 0.3) is 5.91 Å². The number of primary amides is 2. The predicted octanol–water partition coefficient (Wildman–Crippen LogP) is 3.03. The van der Waals surface area contributed by atoms with Crippen LogP contribution in [0.25, 0.3) is 0 Å². The molecule has 4 rings (SSSR count). The number of anilines is 1. The fraction of sp³-hybridized carbons (Fsp3) is 0.296. The van der Waals surface area contributed by atoms with Crippen LogP contribution in [0.3, 0.4) is 0 Å². The molecule has 1 saturated heterocycles. The maximum absolute atomic E-state index is 12.0. The second-order valence-electron chi connectivity index (χ2n) is 9.19. The molecule has 5 N–H and O–H groups in total. The molecule has 1 aliphatic heterocycles. The molecule has 1 fully saturated rings. The van der Waals surface area contributed by atoms with Crippen molar-refractivity contribution >= 4 is 17.8 Å². The van der Waals surface area contributed by atoms with Crippen molar-refractivity contribution in [1.29, 1.82) is 5.26 Å². The molecule has 2 aromatic carbocycles. The van der Waals surface area contributed by atoms with E-state index in [0.717, 1.165) is 49.2 Å². The molecule has 1 aliphatic rings. The standard InChI is InChI=1S/C27H29N7O3/c1-16-11-19(13-28)12-17(2)23(16)37-26-22(25(30)36)14-31-27(33-26)32-21-7-9-34(10-8-21)15-18-3-5-20(6-4-18)24(29)35/h3-6,11-12,14,21H,7-10,15H2,1-2H3,(H2,29,35)(H2,30,36)(H,31,32,33). The summed E-state index contributed by atoms with van der Waals surface area (Å²) in [7, 11) is 0. The number of piperidine rings is 1. The zero-order valence-corrected chi connectivity index (χ0v) is 20.8. The molecule has 3 aromatic rings. The van der Waals surface area contributed by atoms with Gasteiger partial charge in [-0.25, -0.2) is 4.98 Å². The number of amides is 2. The maximum Gasteiger partial charge on any atom is 0.255 e. The van der Waals surface area contributed by atoms with Gasteiger partial charge in [-0.3, -0.25) is 14.5 Å². The average molecular weight is 500 g/mol. The van der Waals surface area contributed by atoms with Crippen LogP contribution < -0.4 is 21.5 Å². The minimum absolute atomic E-state index is 0.0674. The Morgan fingerprint density at radius 3 is 2.32 bits per heavy atom. The molecule has 2 amide bonds. The topological polar surface area (TPSA) is 160 Å². The van der Waals surface area contributed by atoms with Gasteiger partial charge in [0.1, 0.15) is 11.3 Å². The van der Waals surface area contributed by atoms with Crippen LogP contribution in [0, 0.1) is 25.2 Å². The fourth-order valence-corrected chi connectivity index (χ4v) is 4.41. The summed E-state index contributed by atoms with van der Waals surface area (Å²) in [6.07, 6.45) is 3.13. The molecule has 10 heteroatoms. The molecule has 37 heavy (non-hydrogen) atoms. The molecule has 10 nitrogen and oxygen atoms in total. The Bertz CT molecular complexity index is 1330. The summed E-state index contributed by atoms with van der Waals surface area (Å²) >= 11 is 0. The van der Waals surface area contributed by atoms with Gasteiger partial charge in [-0.2, -0.15) is 10.2 Å². The molecular formula is C27H29N7O3. The molecule has 2 heterocycles. The van der Waals surface area contributed by atoms with Gasteiger partial charge >= 0.3 is 0 Å². The lowest BCUT2D eigenvalue weighted by Crippen LogP contribution is -2.39. The Balaban J connectivity index is 1.41. The van der Waals surface area contributed by atoms with E-state index in [2.05, 4.69) is 26.3 Å². The van der Waals surface area contributed by atoms with E-state index in [1.165, 1.54) is 6.20 Å². The number of likely N-dealkylation sites (tertiary alicyclic amines) is 1. The third-order valence-corrected chi connectivity index (χ3v) is 6.37. The van der Waals surface area contributed by atoms with Gasteiger partial charge in [0.15, 0.2) is 0 Å². The Morgan fingerprint density at radius 1 is 1.11 bits per heavy atom. The van der Waals surface area contributed by atoms with E-state index in [1.54, 1.807) is 24.3 Å². The van der Waals surface area contributed by atoms with Crippen molar-refractivity contribution in [3.05, 3.63) is 76.0 Å². The Morgan fingerprint density at radius 2 is 1.76 bits per heavy atom. The van der Waals surface area contributed by atoms with E-state index in [0.29, 0.717) is 22.8 Å². The summed E-state index contributed by atoms with van der Waals surface area (Å²) in [5.74, 6) is -0.187. The van der Waals surface area contributed by atoms with Crippen LogP contribution in [-0.2, 0) is 6.54 Å². The van der Waals surface area contributed by atoms with E-state index in [4.69, 9.17) is 16.2 Å². The summed E-state index contributed by atoms with van der Waals surface area (Å²) in [6, 6.07) is 13.1. The van der Waals surface area contributed by atoms with E-state index >= 15 is 0 Å². The van der Waals surface area contributed by atoms with Gasteiger partial charge in [-0.15, -0.1) is 0 Å². The quantitative estimate of drug-likeness (QED) is 0.426. The number of ether oxygens (including phenoxy) is 1. The molecule has 0 spiro atoms. The number of hydrogen-bond donors (Lipinski definition) is 3. The Kier molecular flexibility index (Phi) is 7.65. The monoisotopic (exact) mass is 499 g/mol. The lowest BCUT2D eigenvalue weighted by Gasteiger charge is -2.32. The number of aromatic nitrogens is 2. The first kappa shape index (κ1) is 25.6. The normalized spacial score (nSPS) is 14.1. The molecule has 1 aromatic heterocycles. The molecule has 0 saturated carbocycles. The van der Waals surface area contributed by atoms with Gasteiger partial charge in [-0.05, 0) is 67.6 Å². The Hall–Kier alpha value is -4.49. The number of benzene rings is 2. The Labute approximate surface area is 215 Å². The summed E-state index contributed by atoms with van der Waals surface area (Å²) in [4.78, 5) is 34.3. The van der Waals surface area contributed by atoms with Crippen LogP contribution in [0.2, 0.25) is 0 Å². The second-order valence-corrected chi connectivity index (χ2v) is 9.19. The van der Waals surface area contributed by atoms with Crippen molar-refractivity contribution in [3.63, 3.8) is 0 Å². The molecular weight excluding hydrogens is 470 g/mol. The van der Waals surface area contributed by atoms with E-state index < -0.39 is 11.8 Å². The van der Waals surface area contributed by atoms with E-state index in [1.807, 2.05) is 26.0 Å². The first-order chi connectivity index (χ1) is 17.7. The predicted molar refractivity (Wildman–Crippen MR) is 138 cm³/mol. The summed E-state index contributed by atoms with van der Waals surface area (Å²) in [5.41, 5.74) is 14.6. The third kappa shape index (κ3) is 6.20. The highest BCUT2D eigenvalue weighted by molar-refractivity contribution is 5.95. The van der Waals surface area contributed by atoms with Crippen molar-refractivity contribution in [2.75, 3.05) is 18.4 Å². The minimum Gasteiger partial charge on any atom is -0.437 e. The van der Waals surface area contributed by atoms with Crippen molar-refractivity contribution in [2.24, 2.45) is 11.5 Å². The van der Waals surface area contributed by atoms with Gasteiger partial charge < -0.3 is 21.5 Å². The van der Waals surface area contributed by atoms with Gasteiger partial charge in [0.2, 0.25) is 17.7 Å². The van der Waals surface area contributed by atoms with Crippen molar-refractivity contribution in [1.82, 2.24) is 14.9 Å². The van der Waals surface area contributed by atoms with E-state index in [-0.39, 0.29) is 17.5 Å². The van der Waals surface area contributed by atoms with Crippen LogP contribution in [0.1, 0.15) is 55.8 Å². The SMILES string of the molecule is Cc1cc(C#N)cc(C)c1Oc1nc(NC2CCN(Cc3ccc(C(N)=O)cc3)CC2)ncc1C(N)=O. The number of nitriles is 1. The number of nitrogens with two attached hydrogens (primary N) is 2. The van der Waals surface area contributed by atoms with Crippen LogP contribution >= 0.6 is 0 Å². The lowest BCUT2D eigenvalue weighted by molar-refractivity contribution is 0.0990. The first-order valence-electron chi connectivity index (χ1n) is 12.0. The molecule has 190 valence electrons. The highest BCUT2D eigenvalue weighted by Gasteiger charge is 2.22. The average Bonchev–Trinajstić information content (AvgIpc) is 2.87. The third-order valence-electron chi connectivity index (χ3n) is 6.37. The summed E-state index contributed by atoms with van der Waals surface area (Å²) in [5, 5.41) is 12.5. The summed E-state index contributed by atoms with van der Waals surface area (Å²) < 4.78 is 6.03. The van der Waals surface area contributed by atoms with Crippen LogP contribution in [0.5, 0.6) is 11.6 Å². The summed E-state index contributed by atoms with van der Waals surface area (Å²) in [6.45, 7) is 6.20. The number of rotatable bonds is 8. The molecule has 0 bridgehead atoms. The van der Waals surface area contributed by atoms with Crippen LogP contribution in [0.4, 0.5) is 5.95 Å². The number of nitrogens with one attached hydrogen (secondary N) is 1. The molecule has 0 unspecified atom stereocenters. The number of aryl methyl sites for hydroxylation is 2. The second kappa shape index (κ2) is 11.1. The van der Waals surface area contributed by atoms with E-state index in [9.17, 15) is 14.9 Å². The minimum atomic E-state index is -0.692. The largest absolute Gasteiger partial charge is 0.437 e. The zero-order chi connectivity index (χ0) is 26.5. The number of hydrogen-bond acceptors (Lipinski definition) is 8. The lowest BCUT2D eigenvalue weighted by atomic mass is 10.0. The van der Waals surface area contributed by atoms with Gasteiger partial charge in [0.05, 0.1) is 11.6 Å². The number of carbonyl (C=O) groups excluding carboxylic acids is 2. The number of carbonyl (C=O) groups is 2. The maximum atomic E-state index is 12.0. The number of nitrogens with zero attached hydrogens (tertiary/aromatic N) is 4. The smallest absolute Gasteiger partial charge is 0.255 e. The first-order valence-corrected chi connectivity index (χ1v) is 12.0. The zero-order valence-electron chi connectivity index (χ0n) is 20.8. The van der Waals surface area contributed by atoms with Crippen molar-refractivity contribution in [2.45, 2.75) is 39.3 Å². The van der Waals surface area contributed by atoms with Crippen molar-refractivity contribution < 1.29 is 14.3 Å². The van der Waals surface area contributed by atoms with Gasteiger partial charge in [-0.1, -0.05) is 12.1 Å². The van der Waals surface area contributed by atoms with Gasteiger partial charge in [0, 0.05) is 37.4 Å². The highest BCUT2D eigenvalue weighted by atomic mass is 16.5. The fourth-order valence-electron chi connectivity index (χ4n) is 4.41. The van der Waals surface area contributed by atoms with Crippen molar-refractivity contribution in [3.8, 4) is 17.7 Å². The van der Waals surface area contributed by atoms with Crippen LogP contribution in [0.15, 0.2) is 42.6 Å². The highest BCUT2D eigenvalue weighted by Crippen LogP contribution is 2.31. The van der Waals surface area contributed by atoms with Crippen LogP contribution in [-0.4, -0.2) is 45.8 Å².